The minimum Gasteiger partial charge on any atom is -0.396 e. The second-order valence-electron chi connectivity index (χ2n) is 3.80. The van der Waals surface area contributed by atoms with Gasteiger partial charge in [-0.15, -0.1) is 0 Å². The van der Waals surface area contributed by atoms with Crippen molar-refractivity contribution in [1.82, 2.24) is 0 Å². The highest BCUT2D eigenvalue weighted by Gasteiger charge is 2.18. The van der Waals surface area contributed by atoms with E-state index in [0.717, 1.165) is 15.4 Å². The molecule has 0 atom stereocenters. The molecule has 2 rings (SSSR count). The molecule has 6 heteroatoms. The van der Waals surface area contributed by atoms with Gasteiger partial charge in [-0.2, -0.15) is 0 Å². The van der Waals surface area contributed by atoms with Crippen LogP contribution < -0.4 is 0 Å². The first-order valence-electron chi connectivity index (χ1n) is 5.21. The molecule has 0 unspecified atom stereocenters. The molecule has 2 aromatic carbocycles. The zero-order chi connectivity index (χ0) is 13.3. The number of hydrogen-bond donors (Lipinski definition) is 1. The number of fused-ring (bicyclic) bond motifs is 1. The normalized spacial score (nSPS) is 11.9. The average Bonchev–Trinajstić information content (AvgIpc) is 2.31. The summed E-state index contributed by atoms with van der Waals surface area (Å²) in [7, 11) is 1.64. The highest BCUT2D eigenvalue weighted by Crippen LogP contribution is 2.34. The molecule has 1 N–H and O–H groups in total. The summed E-state index contributed by atoms with van der Waals surface area (Å²) in [5.74, 6) is 0. The standard InChI is InChI=1S/C12H10BrClO3S/c13-12-8(5-6-15)7-11(18(14,16)17)9-3-1-2-4-10(9)12/h1-4,7,15H,5-6H2. The summed E-state index contributed by atoms with van der Waals surface area (Å²) in [6, 6.07) is 8.60. The fourth-order valence-corrected chi connectivity index (χ4v) is 3.63. The van der Waals surface area contributed by atoms with Crippen LogP contribution in [0.25, 0.3) is 10.8 Å². The third kappa shape index (κ3) is 2.54. The van der Waals surface area contributed by atoms with Crippen LogP contribution >= 0.6 is 26.6 Å². The van der Waals surface area contributed by atoms with E-state index in [1.807, 2.05) is 12.1 Å². The second-order valence-corrected chi connectivity index (χ2v) is 7.13. The van der Waals surface area contributed by atoms with Crippen molar-refractivity contribution in [3.05, 3.63) is 40.4 Å². The summed E-state index contributed by atoms with van der Waals surface area (Å²) in [6.45, 7) is -0.0568. The Labute approximate surface area is 118 Å². The summed E-state index contributed by atoms with van der Waals surface area (Å²) < 4.78 is 24.0. The van der Waals surface area contributed by atoms with Crippen molar-refractivity contribution in [2.45, 2.75) is 11.3 Å². The Morgan fingerprint density at radius 3 is 2.39 bits per heavy atom. The number of benzene rings is 2. The molecule has 0 aromatic heterocycles. The van der Waals surface area contributed by atoms with Crippen LogP contribution in [0.2, 0.25) is 0 Å². The van der Waals surface area contributed by atoms with Crippen molar-refractivity contribution in [2.75, 3.05) is 6.61 Å². The average molecular weight is 350 g/mol. The molecule has 2 aromatic rings. The zero-order valence-corrected chi connectivity index (χ0v) is 12.4. The lowest BCUT2D eigenvalue weighted by atomic mass is 10.1. The Bertz CT molecular complexity index is 698. The van der Waals surface area contributed by atoms with E-state index in [-0.39, 0.29) is 11.5 Å². The van der Waals surface area contributed by atoms with E-state index in [4.69, 9.17) is 15.8 Å². The first-order valence-corrected chi connectivity index (χ1v) is 8.31. The topological polar surface area (TPSA) is 54.4 Å². The third-order valence-electron chi connectivity index (χ3n) is 2.66. The van der Waals surface area contributed by atoms with Gasteiger partial charge in [0.05, 0.1) is 4.90 Å². The van der Waals surface area contributed by atoms with E-state index < -0.39 is 9.05 Å². The van der Waals surface area contributed by atoms with Crippen LogP contribution in [-0.4, -0.2) is 20.1 Å². The van der Waals surface area contributed by atoms with Crippen LogP contribution in [-0.2, 0) is 15.5 Å². The van der Waals surface area contributed by atoms with Gasteiger partial charge in [0.1, 0.15) is 0 Å². The number of halogens is 2. The zero-order valence-electron chi connectivity index (χ0n) is 9.23. The number of aliphatic hydroxyl groups is 1. The van der Waals surface area contributed by atoms with Gasteiger partial charge in [0.25, 0.3) is 9.05 Å². The highest BCUT2D eigenvalue weighted by molar-refractivity contribution is 9.10. The lowest BCUT2D eigenvalue weighted by Crippen LogP contribution is -1.99. The molecule has 0 saturated carbocycles. The van der Waals surface area contributed by atoms with Crippen molar-refractivity contribution < 1.29 is 13.5 Å². The molecule has 0 aliphatic heterocycles. The molecule has 0 bridgehead atoms. The molecule has 0 aliphatic rings. The van der Waals surface area contributed by atoms with Gasteiger partial charge in [-0.05, 0) is 39.4 Å². The maximum atomic E-state index is 11.6. The Morgan fingerprint density at radius 2 is 1.83 bits per heavy atom. The lowest BCUT2D eigenvalue weighted by molar-refractivity contribution is 0.299. The summed E-state index contributed by atoms with van der Waals surface area (Å²) >= 11 is 3.43. The molecule has 0 fully saturated rings. The van der Waals surface area contributed by atoms with E-state index in [1.54, 1.807) is 12.1 Å². The molecule has 0 amide bonds. The molecule has 0 radical (unpaired) electrons. The van der Waals surface area contributed by atoms with Crippen LogP contribution in [0.4, 0.5) is 0 Å². The summed E-state index contributed by atoms with van der Waals surface area (Å²) in [5.41, 5.74) is 0.718. The number of aliphatic hydroxyl groups excluding tert-OH is 1. The fraction of sp³-hybridized carbons (Fsp3) is 0.167. The molecular weight excluding hydrogens is 340 g/mol. The predicted octanol–water partition coefficient (Wildman–Crippen LogP) is 3.06. The maximum absolute atomic E-state index is 11.6. The molecule has 0 aliphatic carbocycles. The summed E-state index contributed by atoms with van der Waals surface area (Å²) in [4.78, 5) is 0.0754. The van der Waals surface area contributed by atoms with Crippen LogP contribution in [0, 0.1) is 0 Å². The maximum Gasteiger partial charge on any atom is 0.261 e. The van der Waals surface area contributed by atoms with Gasteiger partial charge in [-0.3, -0.25) is 0 Å². The second kappa shape index (κ2) is 5.17. The molecule has 0 heterocycles. The SMILES string of the molecule is O=S(=O)(Cl)c1cc(CCO)c(Br)c2ccccc12. The summed E-state index contributed by atoms with van der Waals surface area (Å²) in [5, 5.41) is 10.3. The fourth-order valence-electron chi connectivity index (χ4n) is 1.87. The Hall–Kier alpha value is -0.620. The van der Waals surface area contributed by atoms with Gasteiger partial charge >= 0.3 is 0 Å². The van der Waals surface area contributed by atoms with E-state index in [1.165, 1.54) is 6.07 Å². The first-order chi connectivity index (χ1) is 8.45. The minimum absolute atomic E-state index is 0.0568. The lowest BCUT2D eigenvalue weighted by Gasteiger charge is -2.10. The van der Waals surface area contributed by atoms with Gasteiger partial charge in [0.2, 0.25) is 0 Å². The van der Waals surface area contributed by atoms with Crippen LogP contribution in [0.15, 0.2) is 39.7 Å². The van der Waals surface area contributed by atoms with Gasteiger partial charge < -0.3 is 5.11 Å². The van der Waals surface area contributed by atoms with Crippen molar-refractivity contribution in [2.24, 2.45) is 0 Å². The largest absolute Gasteiger partial charge is 0.396 e. The van der Waals surface area contributed by atoms with Gasteiger partial charge in [0, 0.05) is 27.1 Å². The molecular formula is C12H10BrClO3S. The van der Waals surface area contributed by atoms with Crippen LogP contribution in [0.1, 0.15) is 5.56 Å². The molecule has 0 spiro atoms. The number of rotatable bonds is 3. The number of hydrogen-bond acceptors (Lipinski definition) is 3. The van der Waals surface area contributed by atoms with E-state index in [2.05, 4.69) is 15.9 Å². The van der Waals surface area contributed by atoms with Crippen LogP contribution in [0.5, 0.6) is 0 Å². The Balaban J connectivity index is 2.89. The van der Waals surface area contributed by atoms with Crippen LogP contribution in [0.3, 0.4) is 0 Å². The summed E-state index contributed by atoms with van der Waals surface area (Å²) in [6.07, 6.45) is 0.366. The monoisotopic (exact) mass is 348 g/mol. The predicted molar refractivity (Wildman–Crippen MR) is 75.5 cm³/mol. The smallest absolute Gasteiger partial charge is 0.261 e. The van der Waals surface area contributed by atoms with E-state index >= 15 is 0 Å². The van der Waals surface area contributed by atoms with E-state index in [0.29, 0.717) is 11.8 Å². The Kier molecular flexibility index (Phi) is 3.96. The first kappa shape index (κ1) is 13.8. The quantitative estimate of drug-likeness (QED) is 0.867. The third-order valence-corrected chi connectivity index (χ3v) is 4.96. The van der Waals surface area contributed by atoms with E-state index in [9.17, 15) is 8.42 Å². The van der Waals surface area contributed by atoms with Crippen molar-refractivity contribution >= 4 is 46.4 Å². The molecule has 3 nitrogen and oxygen atoms in total. The molecule has 18 heavy (non-hydrogen) atoms. The molecule has 96 valence electrons. The minimum atomic E-state index is -3.82. The van der Waals surface area contributed by atoms with Crippen molar-refractivity contribution in [3.63, 3.8) is 0 Å². The van der Waals surface area contributed by atoms with Crippen molar-refractivity contribution in [1.29, 1.82) is 0 Å². The van der Waals surface area contributed by atoms with Gasteiger partial charge in [-0.25, -0.2) is 8.42 Å². The molecule has 0 saturated heterocycles. The van der Waals surface area contributed by atoms with Crippen molar-refractivity contribution in [3.8, 4) is 0 Å². The van der Waals surface area contributed by atoms with Gasteiger partial charge in [-0.1, -0.05) is 24.3 Å². The highest BCUT2D eigenvalue weighted by atomic mass is 79.9. The Morgan fingerprint density at radius 1 is 1.22 bits per heavy atom. The van der Waals surface area contributed by atoms with Gasteiger partial charge in [0.15, 0.2) is 0 Å².